The van der Waals surface area contributed by atoms with Crippen molar-refractivity contribution in [1.29, 1.82) is 0 Å². The maximum atomic E-state index is 9.57. The molecule has 0 atom stereocenters. The second-order valence-electron chi connectivity index (χ2n) is 2.54. The zero-order valence-corrected chi connectivity index (χ0v) is 11.3. The highest BCUT2D eigenvalue weighted by Gasteiger charge is 2.13. The van der Waals surface area contributed by atoms with Gasteiger partial charge >= 0.3 is 0 Å². The van der Waals surface area contributed by atoms with Gasteiger partial charge in [-0.15, -0.1) is 0 Å². The molecule has 0 amide bonds. The molecule has 4 heteroatoms. The van der Waals surface area contributed by atoms with Crippen LogP contribution in [-0.4, -0.2) is 5.11 Å². The Kier molecular flexibility index (Phi) is 3.23. The number of hydrogen-bond donors (Lipinski definition) is 1. The lowest BCUT2D eigenvalue weighted by Crippen LogP contribution is -1.87. The van der Waals surface area contributed by atoms with Crippen molar-refractivity contribution in [2.24, 2.45) is 0 Å². The summed E-state index contributed by atoms with van der Waals surface area (Å²) in [7, 11) is 0. The smallest absolute Gasteiger partial charge is 0.145 e. The second-order valence-corrected chi connectivity index (χ2v) is 4.92. The Balaban J connectivity index is 3.60. The van der Waals surface area contributed by atoms with Crippen LogP contribution in [0.3, 0.4) is 0 Å². The lowest BCUT2D eigenvalue weighted by atomic mass is 10.1. The van der Waals surface area contributed by atoms with Crippen LogP contribution in [0.25, 0.3) is 0 Å². The van der Waals surface area contributed by atoms with Crippen LogP contribution in [0.4, 0.5) is 0 Å². The minimum Gasteiger partial charge on any atom is -0.506 e. The molecule has 12 heavy (non-hydrogen) atoms. The molecule has 0 radical (unpaired) electrons. The van der Waals surface area contributed by atoms with Crippen LogP contribution >= 0.6 is 47.8 Å². The third kappa shape index (κ3) is 1.56. The van der Waals surface area contributed by atoms with Gasteiger partial charge in [0.25, 0.3) is 0 Å². The first-order valence-corrected chi connectivity index (χ1v) is 5.67. The Bertz CT molecular complexity index is 229. The highest BCUT2D eigenvalue weighted by Crippen LogP contribution is 2.42. The molecule has 1 nitrogen and oxygen atoms in total. The standard InChI is InChI=1S/C8H7Br3O/c1-3-4(2)6(10)8(12)7(11)5(3)9/h12H,1-2H3. The fourth-order valence-corrected chi connectivity index (χ4v) is 2.61. The van der Waals surface area contributed by atoms with Crippen LogP contribution in [0.2, 0.25) is 0 Å². The lowest BCUT2D eigenvalue weighted by Gasteiger charge is -2.10. The SMILES string of the molecule is Cc1c(C)c(Br)c(Br)c(O)c1Br. The first kappa shape index (κ1) is 10.5. The van der Waals surface area contributed by atoms with Crippen LogP contribution < -0.4 is 0 Å². The number of aromatic hydroxyl groups is 1. The van der Waals surface area contributed by atoms with E-state index in [9.17, 15) is 5.11 Å². The van der Waals surface area contributed by atoms with Crippen molar-refractivity contribution in [3.05, 3.63) is 24.5 Å². The van der Waals surface area contributed by atoms with Gasteiger partial charge in [-0.3, -0.25) is 0 Å². The van der Waals surface area contributed by atoms with E-state index in [2.05, 4.69) is 47.8 Å². The number of phenols is 1. The van der Waals surface area contributed by atoms with Crippen LogP contribution in [0, 0.1) is 13.8 Å². The highest BCUT2D eigenvalue weighted by molar-refractivity contribution is 9.13. The Morgan fingerprint density at radius 1 is 0.833 bits per heavy atom. The molecule has 0 saturated carbocycles. The average molecular weight is 359 g/mol. The van der Waals surface area contributed by atoms with Gasteiger partial charge in [0.1, 0.15) is 5.75 Å². The second kappa shape index (κ2) is 3.68. The summed E-state index contributed by atoms with van der Waals surface area (Å²) in [6.07, 6.45) is 0. The van der Waals surface area contributed by atoms with Crippen LogP contribution in [0.1, 0.15) is 11.1 Å². The molecule has 0 aromatic heterocycles. The van der Waals surface area contributed by atoms with Crippen molar-refractivity contribution < 1.29 is 5.11 Å². The third-order valence-electron chi connectivity index (χ3n) is 1.83. The summed E-state index contributed by atoms with van der Waals surface area (Å²) in [6, 6.07) is 0. The van der Waals surface area contributed by atoms with Gasteiger partial charge in [0.2, 0.25) is 0 Å². The predicted molar refractivity (Wildman–Crippen MR) is 60.7 cm³/mol. The molecule has 66 valence electrons. The summed E-state index contributed by atoms with van der Waals surface area (Å²) in [5, 5.41) is 9.57. The first-order chi connectivity index (χ1) is 5.46. The number of hydrogen-bond acceptors (Lipinski definition) is 1. The van der Waals surface area contributed by atoms with Gasteiger partial charge in [0, 0.05) is 4.47 Å². The molecule has 0 aliphatic rings. The first-order valence-electron chi connectivity index (χ1n) is 3.29. The predicted octanol–water partition coefficient (Wildman–Crippen LogP) is 4.30. The van der Waals surface area contributed by atoms with Crippen molar-refractivity contribution in [3.8, 4) is 5.75 Å². The molecule has 0 saturated heterocycles. The molecule has 0 aliphatic heterocycles. The van der Waals surface area contributed by atoms with Gasteiger partial charge in [-0.1, -0.05) is 0 Å². The summed E-state index contributed by atoms with van der Waals surface area (Å²) >= 11 is 9.99. The highest BCUT2D eigenvalue weighted by atomic mass is 79.9. The lowest BCUT2D eigenvalue weighted by molar-refractivity contribution is 0.467. The Morgan fingerprint density at radius 3 is 1.75 bits per heavy atom. The van der Waals surface area contributed by atoms with Gasteiger partial charge in [0.15, 0.2) is 0 Å². The fourth-order valence-electron chi connectivity index (χ4n) is 0.872. The zero-order chi connectivity index (χ0) is 9.46. The molecular weight excluding hydrogens is 352 g/mol. The van der Waals surface area contributed by atoms with Crippen molar-refractivity contribution in [2.75, 3.05) is 0 Å². The number of phenolic OH excluding ortho intramolecular Hbond substituents is 1. The zero-order valence-electron chi connectivity index (χ0n) is 6.58. The Hall–Kier alpha value is 0.460. The molecule has 1 rings (SSSR count). The molecule has 1 aromatic rings. The summed E-state index contributed by atoms with van der Waals surface area (Å²) in [5.74, 6) is 0.241. The summed E-state index contributed by atoms with van der Waals surface area (Å²) in [4.78, 5) is 0. The van der Waals surface area contributed by atoms with E-state index in [1.54, 1.807) is 0 Å². The number of rotatable bonds is 0. The molecule has 0 aliphatic carbocycles. The average Bonchev–Trinajstić information content (AvgIpc) is 2.08. The van der Waals surface area contributed by atoms with Gasteiger partial charge in [-0.2, -0.15) is 0 Å². The molecule has 0 fully saturated rings. The summed E-state index contributed by atoms with van der Waals surface area (Å²) in [6.45, 7) is 3.95. The molecule has 1 N–H and O–H groups in total. The number of benzene rings is 1. The molecule has 0 bridgehead atoms. The van der Waals surface area contributed by atoms with E-state index in [0.717, 1.165) is 20.1 Å². The summed E-state index contributed by atoms with van der Waals surface area (Å²) < 4.78 is 2.34. The van der Waals surface area contributed by atoms with E-state index in [4.69, 9.17) is 0 Å². The van der Waals surface area contributed by atoms with Crippen LogP contribution in [0.5, 0.6) is 5.75 Å². The largest absolute Gasteiger partial charge is 0.506 e. The molecule has 0 heterocycles. The molecule has 1 aromatic carbocycles. The van der Waals surface area contributed by atoms with E-state index < -0.39 is 0 Å². The minimum atomic E-state index is 0.241. The van der Waals surface area contributed by atoms with E-state index in [-0.39, 0.29) is 5.75 Å². The van der Waals surface area contributed by atoms with E-state index in [0.29, 0.717) is 4.47 Å². The van der Waals surface area contributed by atoms with Crippen LogP contribution in [0.15, 0.2) is 13.4 Å². The Labute approximate surface area is 96.6 Å². The van der Waals surface area contributed by atoms with E-state index in [1.165, 1.54) is 0 Å². The quantitative estimate of drug-likeness (QED) is 0.686. The van der Waals surface area contributed by atoms with Crippen molar-refractivity contribution in [3.63, 3.8) is 0 Å². The fraction of sp³-hybridized carbons (Fsp3) is 0.250. The van der Waals surface area contributed by atoms with Crippen molar-refractivity contribution >= 4 is 47.8 Å². The van der Waals surface area contributed by atoms with Gasteiger partial charge in [-0.25, -0.2) is 0 Å². The number of halogens is 3. The normalized spacial score (nSPS) is 10.4. The molecular formula is C8H7Br3O. The monoisotopic (exact) mass is 356 g/mol. The van der Waals surface area contributed by atoms with Gasteiger partial charge < -0.3 is 5.11 Å². The third-order valence-corrected chi connectivity index (χ3v) is 5.10. The van der Waals surface area contributed by atoms with E-state index >= 15 is 0 Å². The maximum absolute atomic E-state index is 9.57. The maximum Gasteiger partial charge on any atom is 0.145 e. The molecule has 0 spiro atoms. The van der Waals surface area contributed by atoms with E-state index in [1.807, 2.05) is 13.8 Å². The van der Waals surface area contributed by atoms with Gasteiger partial charge in [0.05, 0.1) is 8.95 Å². The van der Waals surface area contributed by atoms with Crippen molar-refractivity contribution in [2.45, 2.75) is 13.8 Å². The van der Waals surface area contributed by atoms with Gasteiger partial charge in [-0.05, 0) is 72.8 Å². The van der Waals surface area contributed by atoms with Crippen LogP contribution in [-0.2, 0) is 0 Å². The molecule has 0 unspecified atom stereocenters. The Morgan fingerprint density at radius 2 is 1.25 bits per heavy atom. The topological polar surface area (TPSA) is 20.2 Å². The summed E-state index contributed by atoms with van der Waals surface area (Å²) in [5.41, 5.74) is 2.16. The van der Waals surface area contributed by atoms with Crippen molar-refractivity contribution in [1.82, 2.24) is 0 Å². The minimum absolute atomic E-state index is 0.241.